The molecule has 1 atom stereocenters. The van der Waals surface area contributed by atoms with Crippen molar-refractivity contribution >= 4 is 21.7 Å². The number of nitrogens with one attached hydrogen (secondary N) is 3. The highest BCUT2D eigenvalue weighted by atomic mass is 79.9. The van der Waals surface area contributed by atoms with E-state index in [4.69, 9.17) is 0 Å². The quantitative estimate of drug-likeness (QED) is 0.741. The molecule has 0 aliphatic carbocycles. The van der Waals surface area contributed by atoms with Gasteiger partial charge >= 0.3 is 0 Å². The number of aromatic nitrogens is 2. The molecule has 0 spiro atoms. The van der Waals surface area contributed by atoms with Crippen molar-refractivity contribution in [1.29, 1.82) is 0 Å². The van der Waals surface area contributed by atoms with Crippen molar-refractivity contribution in [2.75, 3.05) is 18.4 Å². The summed E-state index contributed by atoms with van der Waals surface area (Å²) in [5, 5.41) is 6.56. The van der Waals surface area contributed by atoms with Crippen LogP contribution in [0.3, 0.4) is 0 Å². The summed E-state index contributed by atoms with van der Waals surface area (Å²) in [6, 6.07) is 0. The second kappa shape index (κ2) is 3.94. The first-order valence-electron chi connectivity index (χ1n) is 4.83. The van der Waals surface area contributed by atoms with Gasteiger partial charge in [-0.3, -0.25) is 4.79 Å². The zero-order chi connectivity index (χ0) is 10.9. The Hall–Kier alpha value is -0.880. The standard InChI is InChI=1S/C9H13BrN4O/c1-9(2-3-11-4-9)14-7-6(10)8(15)13-5-12-7/h5,11H,2-4H2,1H3,(H2,12,13,14,15). The number of halogens is 1. The van der Waals surface area contributed by atoms with Crippen molar-refractivity contribution in [1.82, 2.24) is 15.3 Å². The molecule has 3 N–H and O–H groups in total. The topological polar surface area (TPSA) is 69.8 Å². The first-order chi connectivity index (χ1) is 7.11. The van der Waals surface area contributed by atoms with Gasteiger partial charge in [-0.1, -0.05) is 0 Å². The molecule has 0 radical (unpaired) electrons. The summed E-state index contributed by atoms with van der Waals surface area (Å²) in [5.74, 6) is 0.602. The van der Waals surface area contributed by atoms with Gasteiger partial charge in [0.1, 0.15) is 10.3 Å². The lowest BCUT2D eigenvalue weighted by Crippen LogP contribution is -2.37. The molecule has 0 saturated carbocycles. The molecule has 82 valence electrons. The van der Waals surface area contributed by atoms with Crippen molar-refractivity contribution in [3.8, 4) is 0 Å². The van der Waals surface area contributed by atoms with E-state index in [-0.39, 0.29) is 11.1 Å². The summed E-state index contributed by atoms with van der Waals surface area (Å²) in [6.45, 7) is 3.99. The Kier molecular flexibility index (Phi) is 2.79. The van der Waals surface area contributed by atoms with Crippen molar-refractivity contribution < 1.29 is 0 Å². The molecule has 1 aliphatic heterocycles. The predicted octanol–water partition coefficient (Wildman–Crippen LogP) is 0.696. The fourth-order valence-corrected chi connectivity index (χ4v) is 2.00. The van der Waals surface area contributed by atoms with E-state index in [1.807, 2.05) is 0 Å². The van der Waals surface area contributed by atoms with Crippen LogP contribution in [0.15, 0.2) is 15.6 Å². The van der Waals surface area contributed by atoms with Gasteiger partial charge < -0.3 is 15.6 Å². The minimum atomic E-state index is -0.165. The highest BCUT2D eigenvalue weighted by molar-refractivity contribution is 9.10. The van der Waals surface area contributed by atoms with Crippen LogP contribution in [0.5, 0.6) is 0 Å². The van der Waals surface area contributed by atoms with Gasteiger partial charge in [0, 0.05) is 12.1 Å². The van der Waals surface area contributed by atoms with Crippen LogP contribution in [0.25, 0.3) is 0 Å². The van der Waals surface area contributed by atoms with Crippen molar-refractivity contribution in [2.45, 2.75) is 18.9 Å². The van der Waals surface area contributed by atoms with Crippen LogP contribution in [-0.2, 0) is 0 Å². The van der Waals surface area contributed by atoms with E-state index < -0.39 is 0 Å². The molecule has 6 heteroatoms. The van der Waals surface area contributed by atoms with E-state index in [0.717, 1.165) is 19.5 Å². The average molecular weight is 273 g/mol. The van der Waals surface area contributed by atoms with Crippen LogP contribution >= 0.6 is 15.9 Å². The molecule has 0 bridgehead atoms. The van der Waals surface area contributed by atoms with Gasteiger partial charge in [-0.2, -0.15) is 0 Å². The largest absolute Gasteiger partial charge is 0.362 e. The maximum atomic E-state index is 11.3. The van der Waals surface area contributed by atoms with Crippen LogP contribution in [0.1, 0.15) is 13.3 Å². The molecule has 1 aromatic rings. The molecule has 15 heavy (non-hydrogen) atoms. The van der Waals surface area contributed by atoms with Crippen LogP contribution in [-0.4, -0.2) is 28.6 Å². The van der Waals surface area contributed by atoms with Crippen LogP contribution in [0, 0.1) is 0 Å². The molecular formula is C9H13BrN4O. The lowest BCUT2D eigenvalue weighted by atomic mass is 10.0. The zero-order valence-electron chi connectivity index (χ0n) is 8.43. The maximum Gasteiger partial charge on any atom is 0.267 e. The molecule has 5 nitrogen and oxygen atoms in total. The Labute approximate surface area is 95.8 Å². The molecule has 0 amide bonds. The van der Waals surface area contributed by atoms with Gasteiger partial charge in [0.05, 0.1) is 6.33 Å². The van der Waals surface area contributed by atoms with Gasteiger partial charge in [0.15, 0.2) is 0 Å². The van der Waals surface area contributed by atoms with Crippen molar-refractivity contribution in [2.24, 2.45) is 0 Å². The normalized spacial score (nSPS) is 25.5. The monoisotopic (exact) mass is 272 g/mol. The van der Waals surface area contributed by atoms with Gasteiger partial charge in [0.25, 0.3) is 5.56 Å². The van der Waals surface area contributed by atoms with Gasteiger partial charge in [0.2, 0.25) is 0 Å². The Morgan fingerprint density at radius 1 is 1.67 bits per heavy atom. The van der Waals surface area contributed by atoms with E-state index in [2.05, 4.69) is 43.5 Å². The Morgan fingerprint density at radius 2 is 2.47 bits per heavy atom. The zero-order valence-corrected chi connectivity index (χ0v) is 10.0. The Morgan fingerprint density at radius 3 is 3.13 bits per heavy atom. The van der Waals surface area contributed by atoms with Gasteiger partial charge in [-0.25, -0.2) is 4.98 Å². The summed E-state index contributed by atoms with van der Waals surface area (Å²) >= 11 is 3.22. The maximum absolute atomic E-state index is 11.3. The molecule has 0 aromatic carbocycles. The highest BCUT2D eigenvalue weighted by Crippen LogP contribution is 2.22. The van der Waals surface area contributed by atoms with Gasteiger partial charge in [-0.05, 0) is 35.8 Å². The van der Waals surface area contributed by atoms with Gasteiger partial charge in [-0.15, -0.1) is 0 Å². The fourth-order valence-electron chi connectivity index (χ4n) is 1.68. The molecule has 2 heterocycles. The fraction of sp³-hybridized carbons (Fsp3) is 0.556. The number of nitrogens with zero attached hydrogens (tertiary/aromatic N) is 1. The Balaban J connectivity index is 2.24. The number of anilines is 1. The molecule has 1 unspecified atom stereocenters. The molecule has 1 saturated heterocycles. The average Bonchev–Trinajstić information content (AvgIpc) is 2.60. The van der Waals surface area contributed by atoms with E-state index >= 15 is 0 Å². The molecule has 1 fully saturated rings. The highest BCUT2D eigenvalue weighted by Gasteiger charge is 2.29. The molecule has 2 rings (SSSR count). The number of hydrogen-bond acceptors (Lipinski definition) is 4. The third-order valence-electron chi connectivity index (χ3n) is 2.59. The van der Waals surface area contributed by atoms with Crippen molar-refractivity contribution in [3.63, 3.8) is 0 Å². The first kappa shape index (κ1) is 10.6. The SMILES string of the molecule is CC1(Nc2nc[nH]c(=O)c2Br)CCNC1. The summed E-state index contributed by atoms with van der Waals surface area (Å²) in [6.07, 6.45) is 2.43. The minimum absolute atomic E-state index is 0.0245. The lowest BCUT2D eigenvalue weighted by molar-refractivity contribution is 0.563. The Bertz CT molecular complexity index is 411. The number of rotatable bonds is 2. The van der Waals surface area contributed by atoms with E-state index in [9.17, 15) is 4.79 Å². The van der Waals surface area contributed by atoms with E-state index in [1.54, 1.807) is 0 Å². The van der Waals surface area contributed by atoms with Crippen LogP contribution in [0.2, 0.25) is 0 Å². The minimum Gasteiger partial charge on any atom is -0.362 e. The second-order valence-electron chi connectivity index (χ2n) is 4.01. The number of H-pyrrole nitrogens is 1. The third-order valence-corrected chi connectivity index (χ3v) is 3.32. The second-order valence-corrected chi connectivity index (χ2v) is 4.80. The van der Waals surface area contributed by atoms with Crippen LogP contribution < -0.4 is 16.2 Å². The predicted molar refractivity (Wildman–Crippen MR) is 62.1 cm³/mol. The lowest BCUT2D eigenvalue weighted by Gasteiger charge is -2.25. The third kappa shape index (κ3) is 2.21. The molecule has 1 aliphatic rings. The van der Waals surface area contributed by atoms with Crippen molar-refractivity contribution in [3.05, 3.63) is 21.2 Å². The summed E-state index contributed by atoms with van der Waals surface area (Å²) in [5.41, 5.74) is -0.189. The number of hydrogen-bond donors (Lipinski definition) is 3. The number of aromatic amines is 1. The molecule has 1 aromatic heterocycles. The van der Waals surface area contributed by atoms with E-state index in [1.165, 1.54) is 6.33 Å². The summed E-state index contributed by atoms with van der Waals surface area (Å²) < 4.78 is 0.457. The smallest absolute Gasteiger partial charge is 0.267 e. The summed E-state index contributed by atoms with van der Waals surface area (Å²) in [7, 11) is 0. The first-order valence-corrected chi connectivity index (χ1v) is 5.62. The van der Waals surface area contributed by atoms with Crippen LogP contribution in [0.4, 0.5) is 5.82 Å². The van der Waals surface area contributed by atoms with E-state index in [0.29, 0.717) is 10.3 Å². The summed E-state index contributed by atoms with van der Waals surface area (Å²) in [4.78, 5) is 17.9. The molecular weight excluding hydrogens is 260 g/mol.